The van der Waals surface area contributed by atoms with Gasteiger partial charge in [-0.2, -0.15) is 5.10 Å². The lowest BCUT2D eigenvalue weighted by atomic mass is 10.0. The van der Waals surface area contributed by atoms with E-state index in [0.29, 0.717) is 24.5 Å². The number of fused-ring (bicyclic) bond motifs is 2. The molecule has 5 heterocycles. The molecule has 0 radical (unpaired) electrons. The molecule has 0 aliphatic rings. The third kappa shape index (κ3) is 6.32. The van der Waals surface area contributed by atoms with E-state index >= 15 is 0 Å². The normalized spacial score (nSPS) is 11.7. The predicted molar refractivity (Wildman–Crippen MR) is 169 cm³/mol. The standard InChI is InChI=1S/C32H34FN9O/c1-41(2)6-5-36-24-10-20(9-23(33)13-24)28-18-35-19-30-26(28)14-29(38-30)31-27-12-22(16-37-32(27)40-39-31)21-11-25(17-34-15-21)43-8-7-42(3)4/h9-19,36,38H,5-8H2,1-4H3,(H,37,39,40). The van der Waals surface area contributed by atoms with Crippen LogP contribution in [0.15, 0.2) is 67.4 Å². The minimum Gasteiger partial charge on any atom is -0.491 e. The van der Waals surface area contributed by atoms with Crippen LogP contribution < -0.4 is 10.1 Å². The van der Waals surface area contributed by atoms with E-state index in [0.717, 1.165) is 68.7 Å². The molecule has 43 heavy (non-hydrogen) atoms. The smallest absolute Gasteiger partial charge is 0.181 e. The Morgan fingerprint density at radius 1 is 0.814 bits per heavy atom. The van der Waals surface area contributed by atoms with Crippen molar-refractivity contribution in [2.45, 2.75) is 0 Å². The molecule has 0 amide bonds. The quantitative estimate of drug-likeness (QED) is 0.190. The first-order valence-corrected chi connectivity index (χ1v) is 14.1. The van der Waals surface area contributed by atoms with Crippen molar-refractivity contribution in [1.82, 2.24) is 39.9 Å². The second-order valence-corrected chi connectivity index (χ2v) is 11.0. The summed E-state index contributed by atoms with van der Waals surface area (Å²) in [5.41, 5.74) is 7.14. The molecule has 5 aromatic heterocycles. The fourth-order valence-electron chi connectivity index (χ4n) is 4.95. The molecule has 6 rings (SSSR count). The second-order valence-electron chi connectivity index (χ2n) is 11.0. The highest BCUT2D eigenvalue weighted by Crippen LogP contribution is 2.35. The zero-order valence-corrected chi connectivity index (χ0v) is 24.6. The van der Waals surface area contributed by atoms with Crippen LogP contribution in [0.2, 0.25) is 0 Å². The number of nitrogens with one attached hydrogen (secondary N) is 3. The third-order valence-electron chi connectivity index (χ3n) is 7.18. The van der Waals surface area contributed by atoms with Gasteiger partial charge in [-0.25, -0.2) is 9.37 Å². The average molecular weight is 580 g/mol. The number of pyridine rings is 3. The second kappa shape index (κ2) is 12.2. The number of likely N-dealkylation sites (N-methyl/N-ethyl adjacent to an activating group) is 2. The molecule has 0 bridgehead atoms. The van der Waals surface area contributed by atoms with Crippen LogP contribution in [0.1, 0.15) is 0 Å². The Kier molecular flexibility index (Phi) is 7.99. The van der Waals surface area contributed by atoms with Crippen LogP contribution in [0.3, 0.4) is 0 Å². The molecular formula is C32H34FN9O. The number of anilines is 1. The van der Waals surface area contributed by atoms with Crippen molar-refractivity contribution in [3.63, 3.8) is 0 Å². The van der Waals surface area contributed by atoms with Gasteiger partial charge >= 0.3 is 0 Å². The molecule has 0 fully saturated rings. The van der Waals surface area contributed by atoms with Gasteiger partial charge in [0.15, 0.2) is 5.65 Å². The minimum atomic E-state index is -0.308. The van der Waals surface area contributed by atoms with Gasteiger partial charge in [0.25, 0.3) is 0 Å². The number of ether oxygens (including phenoxy) is 1. The number of rotatable bonds is 11. The summed E-state index contributed by atoms with van der Waals surface area (Å²) in [6.45, 7) is 2.93. The topological polar surface area (TPSA) is 111 Å². The van der Waals surface area contributed by atoms with Gasteiger partial charge in [0.2, 0.25) is 0 Å². The number of halogens is 1. The highest BCUT2D eigenvalue weighted by molar-refractivity contribution is 6.00. The van der Waals surface area contributed by atoms with E-state index in [1.54, 1.807) is 31.0 Å². The summed E-state index contributed by atoms with van der Waals surface area (Å²) in [5, 5.41) is 12.7. The third-order valence-corrected chi connectivity index (χ3v) is 7.18. The lowest BCUT2D eigenvalue weighted by molar-refractivity contribution is 0.261. The van der Waals surface area contributed by atoms with E-state index in [1.165, 1.54) is 12.1 Å². The van der Waals surface area contributed by atoms with Crippen molar-refractivity contribution in [3.05, 3.63) is 73.2 Å². The van der Waals surface area contributed by atoms with Gasteiger partial charge in [-0.1, -0.05) is 0 Å². The largest absolute Gasteiger partial charge is 0.491 e. The lowest BCUT2D eigenvalue weighted by Gasteiger charge is -2.13. The van der Waals surface area contributed by atoms with E-state index < -0.39 is 0 Å². The first-order chi connectivity index (χ1) is 20.8. The lowest BCUT2D eigenvalue weighted by Crippen LogP contribution is -2.20. The molecule has 0 spiro atoms. The fraction of sp³-hybridized carbons (Fsp3) is 0.250. The van der Waals surface area contributed by atoms with E-state index in [4.69, 9.17) is 4.74 Å². The van der Waals surface area contributed by atoms with Gasteiger partial charge < -0.3 is 24.8 Å². The number of aromatic nitrogens is 6. The van der Waals surface area contributed by atoms with Gasteiger partial charge in [-0.3, -0.25) is 15.1 Å². The minimum absolute atomic E-state index is 0.308. The van der Waals surface area contributed by atoms with Gasteiger partial charge in [-0.15, -0.1) is 0 Å². The van der Waals surface area contributed by atoms with Crippen molar-refractivity contribution in [1.29, 1.82) is 0 Å². The Labute approximate surface area is 248 Å². The summed E-state index contributed by atoms with van der Waals surface area (Å²) in [7, 11) is 8.03. The average Bonchev–Trinajstić information content (AvgIpc) is 3.60. The molecule has 0 saturated heterocycles. The Morgan fingerprint density at radius 2 is 1.63 bits per heavy atom. The summed E-state index contributed by atoms with van der Waals surface area (Å²) in [4.78, 5) is 21.0. The Bertz CT molecular complexity index is 1880. The van der Waals surface area contributed by atoms with Crippen molar-refractivity contribution >= 4 is 27.6 Å². The van der Waals surface area contributed by atoms with Gasteiger partial charge in [0, 0.05) is 71.4 Å². The van der Waals surface area contributed by atoms with Crippen LogP contribution in [0.25, 0.3) is 55.6 Å². The van der Waals surface area contributed by atoms with Crippen LogP contribution >= 0.6 is 0 Å². The maximum atomic E-state index is 14.7. The van der Waals surface area contributed by atoms with Crippen molar-refractivity contribution in [2.75, 3.05) is 59.7 Å². The number of hydrogen-bond acceptors (Lipinski definition) is 8. The molecule has 0 atom stereocenters. The van der Waals surface area contributed by atoms with E-state index in [2.05, 4.69) is 45.2 Å². The summed E-state index contributed by atoms with van der Waals surface area (Å²) in [6, 6.07) is 11.1. The van der Waals surface area contributed by atoms with E-state index in [-0.39, 0.29) is 5.82 Å². The summed E-state index contributed by atoms with van der Waals surface area (Å²) >= 11 is 0. The summed E-state index contributed by atoms with van der Waals surface area (Å²) < 4.78 is 20.6. The molecule has 3 N–H and O–H groups in total. The van der Waals surface area contributed by atoms with Crippen molar-refractivity contribution in [3.8, 4) is 39.4 Å². The molecule has 0 unspecified atom stereocenters. The molecule has 6 aromatic rings. The molecule has 0 aliphatic carbocycles. The van der Waals surface area contributed by atoms with Gasteiger partial charge in [0.1, 0.15) is 18.2 Å². The summed E-state index contributed by atoms with van der Waals surface area (Å²) in [6.07, 6.45) is 8.84. The van der Waals surface area contributed by atoms with Crippen LogP contribution in [-0.4, -0.2) is 94.4 Å². The number of aromatic amines is 2. The van der Waals surface area contributed by atoms with E-state index in [9.17, 15) is 4.39 Å². The molecule has 0 saturated carbocycles. The molecule has 11 heteroatoms. The highest BCUT2D eigenvalue weighted by atomic mass is 19.1. The monoisotopic (exact) mass is 579 g/mol. The fourth-order valence-corrected chi connectivity index (χ4v) is 4.95. The van der Waals surface area contributed by atoms with Gasteiger partial charge in [-0.05, 0) is 70.2 Å². The van der Waals surface area contributed by atoms with Crippen LogP contribution in [0.5, 0.6) is 5.75 Å². The first-order valence-electron chi connectivity index (χ1n) is 14.1. The highest BCUT2D eigenvalue weighted by Gasteiger charge is 2.16. The molecule has 1 aromatic carbocycles. The van der Waals surface area contributed by atoms with Crippen molar-refractivity contribution < 1.29 is 9.13 Å². The molecule has 10 nitrogen and oxygen atoms in total. The van der Waals surface area contributed by atoms with Crippen LogP contribution in [0, 0.1) is 5.82 Å². The predicted octanol–water partition coefficient (Wildman–Crippen LogP) is 5.28. The number of benzene rings is 1. The van der Waals surface area contributed by atoms with Crippen LogP contribution in [-0.2, 0) is 0 Å². The first kappa shape index (κ1) is 28.3. The number of hydrogen-bond donors (Lipinski definition) is 3. The SMILES string of the molecule is CN(C)CCNc1cc(F)cc(-c2cncc3[nH]c(-c4[nH]nc5ncc(-c6cncc(OCCN(C)C)c6)cc45)cc23)c1. The molecular weight excluding hydrogens is 545 g/mol. The maximum Gasteiger partial charge on any atom is 0.181 e. The molecule has 220 valence electrons. The number of nitrogens with zero attached hydrogens (tertiary/aromatic N) is 6. The zero-order valence-electron chi connectivity index (χ0n) is 24.6. The Hall–Kier alpha value is -4.87. The zero-order chi connectivity index (χ0) is 29.9. The maximum absolute atomic E-state index is 14.7. The van der Waals surface area contributed by atoms with Crippen LogP contribution in [0.4, 0.5) is 10.1 Å². The Morgan fingerprint density at radius 3 is 2.47 bits per heavy atom. The van der Waals surface area contributed by atoms with E-state index in [1.807, 2.05) is 52.5 Å². The summed E-state index contributed by atoms with van der Waals surface area (Å²) in [5.74, 6) is 0.397. The van der Waals surface area contributed by atoms with Gasteiger partial charge in [0.05, 0.1) is 29.3 Å². The molecule has 0 aliphatic heterocycles. The Balaban J connectivity index is 1.33. The number of H-pyrrole nitrogens is 2. The van der Waals surface area contributed by atoms with Crippen molar-refractivity contribution in [2.24, 2.45) is 0 Å².